The zero-order valence-corrected chi connectivity index (χ0v) is 14.0. The van der Waals surface area contributed by atoms with E-state index in [1.807, 2.05) is 12.1 Å². The predicted octanol–water partition coefficient (Wildman–Crippen LogP) is 4.33. The number of hydrogen-bond donors (Lipinski definition) is 1. The summed E-state index contributed by atoms with van der Waals surface area (Å²) in [4.78, 5) is 13.9. The second kappa shape index (κ2) is 8.11. The van der Waals surface area contributed by atoms with Crippen molar-refractivity contribution in [2.45, 2.75) is 44.8 Å². The molecule has 1 saturated carbocycles. The van der Waals surface area contributed by atoms with Gasteiger partial charge in [-0.15, -0.1) is 0 Å². The summed E-state index contributed by atoms with van der Waals surface area (Å²) in [6.07, 6.45) is 3.66. The first-order valence-electron chi connectivity index (χ1n) is 8.77. The first-order chi connectivity index (χ1) is 11.7. The Morgan fingerprint density at radius 2 is 1.46 bits per heavy atom. The Labute approximate surface area is 143 Å². The van der Waals surface area contributed by atoms with Gasteiger partial charge in [0.05, 0.1) is 5.92 Å². The Bertz CT molecular complexity index is 600. The van der Waals surface area contributed by atoms with Crippen molar-refractivity contribution in [3.8, 4) is 0 Å². The molecular weight excluding hydrogens is 298 g/mol. The molecule has 3 nitrogen and oxygen atoms in total. The fourth-order valence-electron chi connectivity index (χ4n) is 3.67. The molecule has 0 bridgehead atoms. The van der Waals surface area contributed by atoms with Gasteiger partial charge < -0.3 is 5.11 Å². The molecule has 0 radical (unpaired) electrons. The van der Waals surface area contributed by atoms with E-state index >= 15 is 0 Å². The van der Waals surface area contributed by atoms with Crippen LogP contribution in [0.15, 0.2) is 60.7 Å². The Morgan fingerprint density at radius 3 is 1.96 bits per heavy atom. The molecule has 2 unspecified atom stereocenters. The maximum Gasteiger partial charge on any atom is 0.306 e. The van der Waals surface area contributed by atoms with Gasteiger partial charge in [0.15, 0.2) is 0 Å². The monoisotopic (exact) mass is 323 g/mol. The first kappa shape index (κ1) is 16.7. The molecule has 1 aliphatic carbocycles. The van der Waals surface area contributed by atoms with E-state index in [4.69, 9.17) is 0 Å². The summed E-state index contributed by atoms with van der Waals surface area (Å²) in [6.45, 7) is 1.74. The lowest BCUT2D eigenvalue weighted by Gasteiger charge is -2.36. The van der Waals surface area contributed by atoms with Gasteiger partial charge in [-0.3, -0.25) is 9.69 Å². The fourth-order valence-corrected chi connectivity index (χ4v) is 3.67. The molecule has 2 aromatic carbocycles. The molecule has 1 fully saturated rings. The highest BCUT2D eigenvalue weighted by molar-refractivity contribution is 5.70. The molecule has 3 rings (SSSR count). The molecule has 1 aliphatic rings. The van der Waals surface area contributed by atoms with Crippen molar-refractivity contribution in [1.29, 1.82) is 0 Å². The zero-order valence-electron chi connectivity index (χ0n) is 14.0. The number of carboxylic acids is 1. The highest BCUT2D eigenvalue weighted by Crippen LogP contribution is 2.30. The molecule has 0 spiro atoms. The van der Waals surface area contributed by atoms with E-state index in [0.29, 0.717) is 6.04 Å². The van der Waals surface area contributed by atoms with Crippen molar-refractivity contribution in [2.75, 3.05) is 0 Å². The lowest BCUT2D eigenvalue weighted by molar-refractivity contribution is -0.143. The van der Waals surface area contributed by atoms with Crippen molar-refractivity contribution in [1.82, 2.24) is 4.90 Å². The summed E-state index contributed by atoms with van der Waals surface area (Å²) in [5.74, 6) is -0.836. The number of benzene rings is 2. The summed E-state index contributed by atoms with van der Waals surface area (Å²) in [6, 6.07) is 21.3. The number of nitrogens with zero attached hydrogens (tertiary/aromatic N) is 1. The van der Waals surface area contributed by atoms with E-state index in [1.165, 1.54) is 11.1 Å². The number of carboxylic acid groups (broad SMARTS) is 1. The van der Waals surface area contributed by atoms with Gasteiger partial charge >= 0.3 is 5.97 Å². The topological polar surface area (TPSA) is 40.5 Å². The zero-order chi connectivity index (χ0) is 16.8. The second-order valence-corrected chi connectivity index (χ2v) is 6.73. The summed E-state index contributed by atoms with van der Waals surface area (Å²) < 4.78 is 0. The third kappa shape index (κ3) is 4.45. The second-order valence-electron chi connectivity index (χ2n) is 6.73. The summed E-state index contributed by atoms with van der Waals surface area (Å²) in [7, 11) is 0. The molecule has 0 aliphatic heterocycles. The van der Waals surface area contributed by atoms with Crippen LogP contribution in [0.4, 0.5) is 0 Å². The van der Waals surface area contributed by atoms with Crippen LogP contribution in [0, 0.1) is 5.92 Å². The van der Waals surface area contributed by atoms with Crippen LogP contribution in [-0.4, -0.2) is 22.0 Å². The Balaban J connectivity index is 1.77. The molecule has 0 saturated heterocycles. The van der Waals surface area contributed by atoms with Crippen LogP contribution in [-0.2, 0) is 17.9 Å². The summed E-state index contributed by atoms with van der Waals surface area (Å²) in [5, 5.41) is 9.40. The highest BCUT2D eigenvalue weighted by atomic mass is 16.4. The van der Waals surface area contributed by atoms with Crippen molar-refractivity contribution in [3.63, 3.8) is 0 Å². The van der Waals surface area contributed by atoms with E-state index in [9.17, 15) is 9.90 Å². The number of aliphatic carboxylic acids is 1. The van der Waals surface area contributed by atoms with Gasteiger partial charge in [0, 0.05) is 19.1 Å². The van der Waals surface area contributed by atoms with Gasteiger partial charge in [-0.2, -0.15) is 0 Å². The molecule has 2 aromatic rings. The molecule has 0 heterocycles. The highest BCUT2D eigenvalue weighted by Gasteiger charge is 2.30. The van der Waals surface area contributed by atoms with Crippen molar-refractivity contribution in [3.05, 3.63) is 71.8 Å². The van der Waals surface area contributed by atoms with Gasteiger partial charge in [0.2, 0.25) is 0 Å². The molecule has 2 atom stereocenters. The predicted molar refractivity (Wildman–Crippen MR) is 95.5 cm³/mol. The van der Waals surface area contributed by atoms with Gasteiger partial charge in [-0.05, 0) is 30.4 Å². The van der Waals surface area contributed by atoms with E-state index < -0.39 is 5.97 Å². The van der Waals surface area contributed by atoms with Crippen molar-refractivity contribution in [2.24, 2.45) is 5.92 Å². The lowest BCUT2D eigenvalue weighted by atomic mass is 9.84. The quantitative estimate of drug-likeness (QED) is 0.860. The third-order valence-corrected chi connectivity index (χ3v) is 4.97. The molecule has 3 heteroatoms. The molecule has 24 heavy (non-hydrogen) atoms. The molecule has 1 N–H and O–H groups in total. The van der Waals surface area contributed by atoms with Crippen LogP contribution in [0.2, 0.25) is 0 Å². The lowest BCUT2D eigenvalue weighted by Crippen LogP contribution is -2.39. The first-order valence-corrected chi connectivity index (χ1v) is 8.77. The normalized spacial score (nSPS) is 20.9. The van der Waals surface area contributed by atoms with Crippen LogP contribution in [0.3, 0.4) is 0 Å². The molecular formula is C21H25NO2. The van der Waals surface area contributed by atoms with Crippen molar-refractivity contribution >= 4 is 5.97 Å². The molecule has 0 aromatic heterocycles. The van der Waals surface area contributed by atoms with Crippen LogP contribution < -0.4 is 0 Å². The van der Waals surface area contributed by atoms with E-state index in [0.717, 1.165) is 38.8 Å². The van der Waals surface area contributed by atoms with Gasteiger partial charge in [-0.25, -0.2) is 0 Å². The minimum Gasteiger partial charge on any atom is -0.481 e. The maximum absolute atomic E-state index is 11.4. The van der Waals surface area contributed by atoms with Gasteiger partial charge in [-0.1, -0.05) is 67.1 Å². The van der Waals surface area contributed by atoms with E-state index in [1.54, 1.807) is 0 Å². The van der Waals surface area contributed by atoms with Crippen LogP contribution in [0.1, 0.15) is 36.8 Å². The standard InChI is InChI=1S/C21H25NO2/c23-21(24)19-12-7-13-20(14-19)22(15-17-8-3-1-4-9-17)16-18-10-5-2-6-11-18/h1-6,8-11,19-20H,7,12-16H2,(H,23,24). The van der Waals surface area contributed by atoms with Crippen LogP contribution in [0.25, 0.3) is 0 Å². The van der Waals surface area contributed by atoms with Crippen LogP contribution in [0.5, 0.6) is 0 Å². The van der Waals surface area contributed by atoms with Crippen molar-refractivity contribution < 1.29 is 9.90 Å². The summed E-state index contributed by atoms with van der Waals surface area (Å²) >= 11 is 0. The Hall–Kier alpha value is -2.13. The Morgan fingerprint density at radius 1 is 0.917 bits per heavy atom. The minimum atomic E-state index is -0.640. The van der Waals surface area contributed by atoms with Gasteiger partial charge in [0.1, 0.15) is 0 Å². The van der Waals surface area contributed by atoms with E-state index in [-0.39, 0.29) is 5.92 Å². The Kier molecular flexibility index (Phi) is 5.65. The molecule has 126 valence electrons. The number of rotatable bonds is 6. The van der Waals surface area contributed by atoms with Gasteiger partial charge in [0.25, 0.3) is 0 Å². The van der Waals surface area contributed by atoms with Crippen LogP contribution >= 0.6 is 0 Å². The van der Waals surface area contributed by atoms with E-state index in [2.05, 4.69) is 53.4 Å². The SMILES string of the molecule is O=C(O)C1CCCC(N(Cc2ccccc2)Cc2ccccc2)C1. The largest absolute Gasteiger partial charge is 0.481 e. The average molecular weight is 323 g/mol. The fraction of sp³-hybridized carbons (Fsp3) is 0.381. The smallest absolute Gasteiger partial charge is 0.306 e. The third-order valence-electron chi connectivity index (χ3n) is 4.97. The number of carbonyl (C=O) groups is 1. The average Bonchev–Trinajstić information content (AvgIpc) is 2.63. The minimum absolute atomic E-state index is 0.196. The maximum atomic E-state index is 11.4. The number of hydrogen-bond acceptors (Lipinski definition) is 2. The summed E-state index contributed by atoms with van der Waals surface area (Å²) in [5.41, 5.74) is 2.57. The molecule has 0 amide bonds.